The number of aliphatic hydroxyl groups excluding tert-OH is 1. The van der Waals surface area contributed by atoms with Crippen molar-refractivity contribution in [3.63, 3.8) is 0 Å². The third kappa shape index (κ3) is 2.72. The van der Waals surface area contributed by atoms with Gasteiger partial charge in [-0.25, -0.2) is 4.39 Å². The SMILES string of the molecule is O[C@@H](C1CCCN1)[C@@H](c1cccc(F)c1)n1ccc2ccccc21. The molecule has 1 aliphatic heterocycles. The van der Waals surface area contributed by atoms with Crippen LogP contribution in [0.15, 0.2) is 60.8 Å². The van der Waals surface area contributed by atoms with Gasteiger partial charge >= 0.3 is 0 Å². The number of para-hydroxylation sites is 1. The minimum absolute atomic E-state index is 0.0272. The Morgan fingerprint density at radius 1 is 1.12 bits per heavy atom. The number of hydrogen-bond acceptors (Lipinski definition) is 2. The van der Waals surface area contributed by atoms with Gasteiger partial charge in [0.25, 0.3) is 0 Å². The van der Waals surface area contributed by atoms with Crippen LogP contribution in [0.3, 0.4) is 0 Å². The second-order valence-electron chi connectivity index (χ2n) is 6.48. The summed E-state index contributed by atoms with van der Waals surface area (Å²) in [6.45, 7) is 0.921. The van der Waals surface area contributed by atoms with Crippen LogP contribution in [0.4, 0.5) is 4.39 Å². The Bertz CT molecular complexity index is 838. The van der Waals surface area contributed by atoms with Gasteiger partial charge < -0.3 is 15.0 Å². The van der Waals surface area contributed by atoms with Gasteiger partial charge in [0.2, 0.25) is 0 Å². The zero-order chi connectivity index (χ0) is 16.5. The fourth-order valence-corrected chi connectivity index (χ4v) is 3.78. The molecule has 0 bridgehead atoms. The van der Waals surface area contributed by atoms with Gasteiger partial charge in [0.1, 0.15) is 5.82 Å². The first-order chi connectivity index (χ1) is 11.7. The van der Waals surface area contributed by atoms with E-state index in [2.05, 4.69) is 16.0 Å². The highest BCUT2D eigenvalue weighted by Gasteiger charge is 2.32. The third-order valence-corrected chi connectivity index (χ3v) is 4.95. The van der Waals surface area contributed by atoms with E-state index in [1.54, 1.807) is 6.07 Å². The van der Waals surface area contributed by atoms with Gasteiger partial charge in [-0.3, -0.25) is 0 Å². The molecule has 3 atom stereocenters. The van der Waals surface area contributed by atoms with E-state index in [4.69, 9.17) is 0 Å². The molecule has 3 nitrogen and oxygen atoms in total. The summed E-state index contributed by atoms with van der Waals surface area (Å²) in [4.78, 5) is 0. The molecular weight excluding hydrogens is 303 g/mol. The number of benzene rings is 2. The van der Waals surface area contributed by atoms with Crippen LogP contribution in [-0.2, 0) is 0 Å². The molecule has 4 rings (SSSR count). The van der Waals surface area contributed by atoms with Crippen molar-refractivity contribution in [2.24, 2.45) is 0 Å². The van der Waals surface area contributed by atoms with Crippen LogP contribution < -0.4 is 5.32 Å². The van der Waals surface area contributed by atoms with Crippen LogP contribution in [0.1, 0.15) is 24.4 Å². The Balaban J connectivity index is 1.83. The van der Waals surface area contributed by atoms with E-state index in [-0.39, 0.29) is 17.9 Å². The number of halogens is 1. The van der Waals surface area contributed by atoms with Crippen LogP contribution in [0.5, 0.6) is 0 Å². The van der Waals surface area contributed by atoms with E-state index >= 15 is 0 Å². The van der Waals surface area contributed by atoms with Crippen LogP contribution in [0, 0.1) is 5.82 Å². The summed E-state index contributed by atoms with van der Waals surface area (Å²) in [6, 6.07) is 16.4. The van der Waals surface area contributed by atoms with Crippen molar-refractivity contribution < 1.29 is 9.50 Å². The standard InChI is InChI=1S/C20H21FN2O/c21-16-7-3-6-15(13-16)19(20(24)17-8-4-11-22-17)23-12-10-14-5-1-2-9-18(14)23/h1-3,5-7,9-10,12-13,17,19-20,22,24H,4,8,11H2/t17?,19-,20+/m1/s1. The van der Waals surface area contributed by atoms with Gasteiger partial charge in [0.05, 0.1) is 12.1 Å². The number of hydrogen-bond donors (Lipinski definition) is 2. The lowest BCUT2D eigenvalue weighted by Gasteiger charge is -2.30. The van der Waals surface area contributed by atoms with Gasteiger partial charge in [0.15, 0.2) is 0 Å². The van der Waals surface area contributed by atoms with Crippen molar-refractivity contribution >= 4 is 10.9 Å². The fraction of sp³-hybridized carbons (Fsp3) is 0.300. The molecule has 0 saturated carbocycles. The average molecular weight is 324 g/mol. The number of aliphatic hydroxyl groups is 1. The van der Waals surface area contributed by atoms with Crippen molar-refractivity contribution in [2.45, 2.75) is 31.0 Å². The van der Waals surface area contributed by atoms with E-state index in [0.717, 1.165) is 35.9 Å². The fourth-order valence-electron chi connectivity index (χ4n) is 3.78. The molecule has 124 valence electrons. The van der Waals surface area contributed by atoms with Crippen LogP contribution in [0.2, 0.25) is 0 Å². The van der Waals surface area contributed by atoms with Gasteiger partial charge in [-0.1, -0.05) is 30.3 Å². The first-order valence-corrected chi connectivity index (χ1v) is 8.46. The van der Waals surface area contributed by atoms with Crippen LogP contribution >= 0.6 is 0 Å². The summed E-state index contributed by atoms with van der Waals surface area (Å²) in [6.07, 6.45) is 3.36. The highest BCUT2D eigenvalue weighted by Crippen LogP contribution is 2.31. The van der Waals surface area contributed by atoms with Crippen molar-refractivity contribution in [1.82, 2.24) is 9.88 Å². The zero-order valence-electron chi connectivity index (χ0n) is 13.4. The highest BCUT2D eigenvalue weighted by molar-refractivity contribution is 5.80. The third-order valence-electron chi connectivity index (χ3n) is 4.95. The second kappa shape index (κ2) is 6.38. The van der Waals surface area contributed by atoms with Crippen molar-refractivity contribution in [3.05, 3.63) is 72.2 Å². The maximum Gasteiger partial charge on any atom is 0.123 e. The highest BCUT2D eigenvalue weighted by atomic mass is 19.1. The van der Waals surface area contributed by atoms with Crippen molar-refractivity contribution in [3.8, 4) is 0 Å². The van der Waals surface area contributed by atoms with Gasteiger partial charge in [-0.2, -0.15) is 0 Å². The summed E-state index contributed by atoms with van der Waals surface area (Å²) in [7, 11) is 0. The summed E-state index contributed by atoms with van der Waals surface area (Å²) < 4.78 is 15.9. The van der Waals surface area contributed by atoms with Crippen LogP contribution in [0.25, 0.3) is 10.9 Å². The maximum absolute atomic E-state index is 13.8. The molecule has 2 heterocycles. The summed E-state index contributed by atoms with van der Waals surface area (Å²) >= 11 is 0. The molecular formula is C20H21FN2O. The predicted molar refractivity (Wildman–Crippen MR) is 93.5 cm³/mol. The maximum atomic E-state index is 13.8. The first-order valence-electron chi connectivity index (χ1n) is 8.46. The van der Waals surface area contributed by atoms with E-state index in [1.165, 1.54) is 12.1 Å². The van der Waals surface area contributed by atoms with Gasteiger partial charge in [-0.05, 0) is 54.6 Å². The molecule has 0 spiro atoms. The molecule has 1 fully saturated rings. The zero-order valence-corrected chi connectivity index (χ0v) is 13.4. The molecule has 24 heavy (non-hydrogen) atoms. The molecule has 2 aromatic carbocycles. The molecule has 0 amide bonds. The molecule has 1 saturated heterocycles. The topological polar surface area (TPSA) is 37.2 Å². The van der Waals surface area contributed by atoms with E-state index in [1.807, 2.05) is 36.5 Å². The number of aromatic nitrogens is 1. The Morgan fingerprint density at radius 3 is 2.79 bits per heavy atom. The lowest BCUT2D eigenvalue weighted by atomic mass is 9.94. The second-order valence-corrected chi connectivity index (χ2v) is 6.48. The molecule has 1 unspecified atom stereocenters. The Morgan fingerprint density at radius 2 is 2.00 bits per heavy atom. The normalized spacial score (nSPS) is 20.3. The van der Waals surface area contributed by atoms with Gasteiger partial charge in [0, 0.05) is 17.8 Å². The molecule has 2 N–H and O–H groups in total. The number of nitrogens with one attached hydrogen (secondary N) is 1. The Hall–Kier alpha value is -2.17. The molecule has 4 heteroatoms. The lowest BCUT2D eigenvalue weighted by molar-refractivity contribution is 0.0970. The quantitative estimate of drug-likeness (QED) is 0.771. The molecule has 3 aromatic rings. The van der Waals surface area contributed by atoms with E-state index < -0.39 is 6.10 Å². The average Bonchev–Trinajstić information content (AvgIpc) is 3.25. The van der Waals surface area contributed by atoms with Crippen molar-refractivity contribution in [1.29, 1.82) is 0 Å². The lowest BCUT2D eigenvalue weighted by Crippen LogP contribution is -2.41. The molecule has 0 aliphatic carbocycles. The Labute approximate surface area is 140 Å². The molecule has 1 aromatic heterocycles. The largest absolute Gasteiger partial charge is 0.389 e. The van der Waals surface area contributed by atoms with Crippen molar-refractivity contribution in [2.75, 3.05) is 6.54 Å². The number of rotatable bonds is 4. The monoisotopic (exact) mass is 324 g/mol. The number of fused-ring (bicyclic) bond motifs is 1. The minimum Gasteiger partial charge on any atom is -0.389 e. The molecule has 1 aliphatic rings. The minimum atomic E-state index is -0.620. The summed E-state index contributed by atoms with van der Waals surface area (Å²) in [5.41, 5.74) is 1.83. The predicted octanol–water partition coefficient (Wildman–Crippen LogP) is 3.48. The van der Waals surface area contributed by atoms with Crippen LogP contribution in [-0.4, -0.2) is 28.4 Å². The Kier molecular flexibility index (Phi) is 4.08. The van der Waals surface area contributed by atoms with E-state index in [0.29, 0.717) is 0 Å². The smallest absolute Gasteiger partial charge is 0.123 e. The number of nitrogens with zero attached hydrogens (tertiary/aromatic N) is 1. The summed E-state index contributed by atoms with van der Waals surface area (Å²) in [5.74, 6) is -0.277. The van der Waals surface area contributed by atoms with E-state index in [9.17, 15) is 9.50 Å². The van der Waals surface area contributed by atoms with Gasteiger partial charge in [-0.15, -0.1) is 0 Å². The molecule has 0 radical (unpaired) electrons. The first kappa shape index (κ1) is 15.4. The summed E-state index contributed by atoms with van der Waals surface area (Å²) in [5, 5.41) is 15.6.